The molecule has 0 aliphatic carbocycles. The first-order valence-electron chi connectivity index (χ1n) is 6.10. The molecule has 7 heteroatoms. The van der Waals surface area contributed by atoms with Gasteiger partial charge in [0.25, 0.3) is 0 Å². The molecule has 0 radical (unpaired) electrons. The van der Waals surface area contributed by atoms with Crippen LogP contribution in [0.5, 0.6) is 0 Å². The highest BCUT2D eigenvalue weighted by Crippen LogP contribution is 2.28. The third-order valence-corrected chi connectivity index (χ3v) is 4.05. The van der Waals surface area contributed by atoms with Gasteiger partial charge < -0.3 is 11.1 Å². The summed E-state index contributed by atoms with van der Waals surface area (Å²) in [7, 11) is 0. The minimum absolute atomic E-state index is 0.236. The highest BCUT2D eigenvalue weighted by molar-refractivity contribution is 7.98. The second-order valence-electron chi connectivity index (χ2n) is 4.40. The van der Waals surface area contributed by atoms with Gasteiger partial charge in [0.05, 0.1) is 0 Å². The third kappa shape index (κ3) is 3.10. The topological polar surface area (TPSA) is 84.2 Å². The van der Waals surface area contributed by atoms with Crippen LogP contribution in [0.3, 0.4) is 0 Å². The van der Waals surface area contributed by atoms with Crippen molar-refractivity contribution in [3.63, 3.8) is 0 Å². The molecule has 1 aliphatic heterocycles. The molecular formula is C13H15N3O2S2. The van der Waals surface area contributed by atoms with E-state index in [1.807, 2.05) is 24.5 Å². The second-order valence-corrected chi connectivity index (χ2v) is 5.68. The first-order chi connectivity index (χ1) is 9.52. The van der Waals surface area contributed by atoms with Gasteiger partial charge >= 0.3 is 0 Å². The number of carbonyl (C=O) groups is 2. The molecule has 20 heavy (non-hydrogen) atoms. The van der Waals surface area contributed by atoms with Crippen molar-refractivity contribution in [1.29, 1.82) is 0 Å². The molecular weight excluding hydrogens is 294 g/mol. The lowest BCUT2D eigenvalue weighted by molar-refractivity contribution is -0.133. The Balaban J connectivity index is 2.27. The van der Waals surface area contributed by atoms with Crippen LogP contribution in [0.2, 0.25) is 0 Å². The molecule has 1 fully saturated rings. The Morgan fingerprint density at radius 1 is 1.50 bits per heavy atom. The maximum atomic E-state index is 11.8. The van der Waals surface area contributed by atoms with Crippen LogP contribution in [0, 0.1) is 0 Å². The van der Waals surface area contributed by atoms with E-state index in [1.165, 1.54) is 11.8 Å². The molecule has 4 N–H and O–H groups in total. The average molecular weight is 309 g/mol. The number of rotatable bonds is 4. The van der Waals surface area contributed by atoms with Crippen LogP contribution in [0.25, 0.3) is 0 Å². The molecule has 1 aromatic carbocycles. The fraction of sp³-hybridized carbons (Fsp3) is 0.308. The molecule has 0 aromatic heterocycles. The highest BCUT2D eigenvalue weighted by atomic mass is 32.2. The zero-order chi connectivity index (χ0) is 14.7. The molecule has 0 saturated carbocycles. The van der Waals surface area contributed by atoms with Crippen molar-refractivity contribution in [1.82, 2.24) is 5.32 Å². The number of piperidine rings is 1. The first-order valence-corrected chi connectivity index (χ1v) is 7.73. The lowest BCUT2D eigenvalue weighted by Crippen LogP contribution is -2.47. The number of anilines is 1. The molecule has 1 aromatic rings. The normalized spacial score (nSPS) is 18.6. The van der Waals surface area contributed by atoms with Gasteiger partial charge in [-0.05, 0) is 24.8 Å². The van der Waals surface area contributed by atoms with E-state index in [0.717, 1.165) is 16.1 Å². The minimum atomic E-state index is -0.446. The molecule has 2 rings (SSSR count). The lowest BCUT2D eigenvalue weighted by Gasteiger charge is -2.24. The number of nitrogens with two attached hydrogens (primary N) is 1. The van der Waals surface area contributed by atoms with Crippen molar-refractivity contribution < 1.29 is 9.59 Å². The van der Waals surface area contributed by atoms with Gasteiger partial charge in [0.1, 0.15) is 11.0 Å². The van der Waals surface area contributed by atoms with Gasteiger partial charge in [0, 0.05) is 22.6 Å². The predicted octanol–water partition coefficient (Wildman–Crippen LogP) is 1.26. The van der Waals surface area contributed by atoms with E-state index in [0.29, 0.717) is 12.8 Å². The van der Waals surface area contributed by atoms with Gasteiger partial charge in [-0.1, -0.05) is 18.3 Å². The summed E-state index contributed by atoms with van der Waals surface area (Å²) in [5, 5.41) is 5.45. The van der Waals surface area contributed by atoms with Crippen LogP contribution in [0.1, 0.15) is 18.4 Å². The summed E-state index contributed by atoms with van der Waals surface area (Å²) in [5.41, 5.74) is 7.23. The molecule has 5 nitrogen and oxygen atoms in total. The van der Waals surface area contributed by atoms with Crippen LogP contribution in [-0.4, -0.2) is 29.1 Å². The summed E-state index contributed by atoms with van der Waals surface area (Å²) in [5.74, 6) is -0.551. The van der Waals surface area contributed by atoms with Gasteiger partial charge in [-0.15, -0.1) is 11.8 Å². The molecule has 0 bridgehead atoms. The largest absolute Gasteiger partial charge is 0.389 e. The summed E-state index contributed by atoms with van der Waals surface area (Å²) in [6.07, 6.45) is 2.73. The summed E-state index contributed by atoms with van der Waals surface area (Å²) >= 11 is 6.63. The predicted molar refractivity (Wildman–Crippen MR) is 83.9 cm³/mol. The van der Waals surface area contributed by atoms with E-state index in [4.69, 9.17) is 18.0 Å². The van der Waals surface area contributed by atoms with E-state index in [2.05, 4.69) is 10.6 Å². The Hall–Kier alpha value is -1.60. The number of hydrogen-bond acceptors (Lipinski definition) is 5. The molecule has 0 spiro atoms. The molecule has 1 atom stereocenters. The van der Waals surface area contributed by atoms with Gasteiger partial charge in [-0.3, -0.25) is 14.9 Å². The molecule has 1 unspecified atom stereocenters. The summed E-state index contributed by atoms with van der Waals surface area (Å²) < 4.78 is 0. The number of carbonyl (C=O) groups excluding carboxylic acids is 2. The Bertz CT molecular complexity index is 575. The Morgan fingerprint density at radius 2 is 2.25 bits per heavy atom. The fourth-order valence-corrected chi connectivity index (χ4v) is 3.02. The fourth-order valence-electron chi connectivity index (χ4n) is 2.09. The van der Waals surface area contributed by atoms with Gasteiger partial charge in [0.15, 0.2) is 0 Å². The zero-order valence-electron chi connectivity index (χ0n) is 10.9. The van der Waals surface area contributed by atoms with Crippen LogP contribution >= 0.6 is 24.0 Å². The third-order valence-electron chi connectivity index (χ3n) is 3.06. The van der Waals surface area contributed by atoms with Crippen molar-refractivity contribution >= 4 is 46.5 Å². The maximum Gasteiger partial charge on any atom is 0.249 e. The molecule has 1 aliphatic rings. The first kappa shape index (κ1) is 14.8. The SMILES string of the molecule is CSc1cccc(NC2CCC(=O)NC2=O)c1C(N)=S. The standard InChI is InChI=1S/C13H15N3O2S2/c1-20-9-4-2-3-7(11(9)12(14)19)15-8-5-6-10(17)16-13(8)18/h2-4,8,15H,5-6H2,1H3,(H2,14,19)(H,16,17,18). The Morgan fingerprint density at radius 3 is 2.85 bits per heavy atom. The number of hydrogen-bond donors (Lipinski definition) is 3. The van der Waals surface area contributed by atoms with E-state index >= 15 is 0 Å². The summed E-state index contributed by atoms with van der Waals surface area (Å²) in [4.78, 5) is 24.2. The van der Waals surface area contributed by atoms with Crippen molar-refractivity contribution in [3.8, 4) is 0 Å². The van der Waals surface area contributed by atoms with Crippen molar-refractivity contribution in [2.24, 2.45) is 5.73 Å². The van der Waals surface area contributed by atoms with Gasteiger partial charge in [-0.2, -0.15) is 0 Å². The smallest absolute Gasteiger partial charge is 0.249 e. The van der Waals surface area contributed by atoms with E-state index < -0.39 is 6.04 Å². The Kier molecular flexibility index (Phi) is 4.61. The number of thiocarbonyl (C=S) groups is 1. The Labute approximate surface area is 126 Å². The van der Waals surface area contributed by atoms with Crippen LogP contribution in [0.4, 0.5) is 5.69 Å². The van der Waals surface area contributed by atoms with Crippen LogP contribution in [-0.2, 0) is 9.59 Å². The molecule has 1 saturated heterocycles. The number of thioether (sulfide) groups is 1. The number of benzene rings is 1. The van der Waals surface area contributed by atoms with Crippen LogP contribution in [0.15, 0.2) is 23.1 Å². The highest BCUT2D eigenvalue weighted by Gasteiger charge is 2.27. The quantitative estimate of drug-likeness (QED) is 0.441. The van der Waals surface area contributed by atoms with Crippen molar-refractivity contribution in [3.05, 3.63) is 23.8 Å². The summed E-state index contributed by atoms with van der Waals surface area (Å²) in [6, 6.07) is 5.19. The second kappa shape index (κ2) is 6.23. The minimum Gasteiger partial charge on any atom is -0.389 e. The number of nitrogens with one attached hydrogen (secondary N) is 2. The zero-order valence-corrected chi connectivity index (χ0v) is 12.6. The number of imide groups is 1. The van der Waals surface area contributed by atoms with E-state index in [9.17, 15) is 9.59 Å². The van der Waals surface area contributed by atoms with Crippen LogP contribution < -0.4 is 16.4 Å². The lowest BCUT2D eigenvalue weighted by atomic mass is 10.0. The van der Waals surface area contributed by atoms with Crippen molar-refractivity contribution in [2.45, 2.75) is 23.8 Å². The maximum absolute atomic E-state index is 11.8. The van der Waals surface area contributed by atoms with Gasteiger partial charge in [0.2, 0.25) is 11.8 Å². The summed E-state index contributed by atoms with van der Waals surface area (Å²) in [6.45, 7) is 0. The monoisotopic (exact) mass is 309 g/mol. The number of amides is 2. The van der Waals surface area contributed by atoms with Gasteiger partial charge in [-0.25, -0.2) is 0 Å². The molecule has 2 amide bonds. The average Bonchev–Trinajstić information content (AvgIpc) is 2.41. The van der Waals surface area contributed by atoms with E-state index in [1.54, 1.807) is 0 Å². The van der Waals surface area contributed by atoms with E-state index in [-0.39, 0.29) is 16.8 Å². The molecule has 106 valence electrons. The molecule has 1 heterocycles. The van der Waals surface area contributed by atoms with Crippen molar-refractivity contribution in [2.75, 3.05) is 11.6 Å².